The Morgan fingerprint density at radius 2 is 1.55 bits per heavy atom. The molecule has 3 aromatic rings. The lowest BCUT2D eigenvalue weighted by Crippen LogP contribution is -2.55. The summed E-state index contributed by atoms with van der Waals surface area (Å²) in [6.07, 6.45) is 0.00948. The van der Waals surface area contributed by atoms with Gasteiger partial charge in [-0.1, -0.05) is 72.3 Å². The SMILES string of the molecule is COC(=O)[C@]1(O)C[C@@H](c2ccccc2)[C@@H](C(=O)c2ccccc2)N1c1ccc(Cl)cc1. The number of ether oxygens (including phenoxy) is 1. The van der Waals surface area contributed by atoms with E-state index >= 15 is 0 Å². The van der Waals surface area contributed by atoms with Crippen LogP contribution < -0.4 is 4.90 Å². The number of ketones is 1. The molecule has 3 aromatic carbocycles. The minimum absolute atomic E-state index is 0.00948. The summed E-state index contributed by atoms with van der Waals surface area (Å²) < 4.78 is 4.96. The van der Waals surface area contributed by atoms with Gasteiger partial charge in [0.1, 0.15) is 6.04 Å². The number of esters is 1. The summed E-state index contributed by atoms with van der Waals surface area (Å²) in [5.41, 5.74) is -0.153. The Morgan fingerprint density at radius 1 is 0.968 bits per heavy atom. The summed E-state index contributed by atoms with van der Waals surface area (Å²) in [5.74, 6) is -1.44. The van der Waals surface area contributed by atoms with E-state index < -0.39 is 23.7 Å². The van der Waals surface area contributed by atoms with E-state index in [9.17, 15) is 14.7 Å². The van der Waals surface area contributed by atoms with Gasteiger partial charge in [0.25, 0.3) is 0 Å². The van der Waals surface area contributed by atoms with Gasteiger partial charge in [0, 0.05) is 28.6 Å². The predicted octanol–water partition coefficient (Wildman–Crippen LogP) is 4.45. The van der Waals surface area contributed by atoms with Crippen LogP contribution in [-0.4, -0.2) is 35.7 Å². The number of carbonyl (C=O) groups excluding carboxylic acids is 2. The highest BCUT2D eigenvalue weighted by Crippen LogP contribution is 2.47. The molecular formula is C25H22ClNO4. The molecule has 1 heterocycles. The molecule has 5 nitrogen and oxygen atoms in total. The molecule has 0 saturated carbocycles. The first-order valence-corrected chi connectivity index (χ1v) is 10.3. The fourth-order valence-electron chi connectivity index (χ4n) is 4.32. The largest absolute Gasteiger partial charge is 0.465 e. The number of carbonyl (C=O) groups is 2. The summed E-state index contributed by atoms with van der Waals surface area (Å²) >= 11 is 6.06. The maximum absolute atomic E-state index is 13.7. The Balaban J connectivity index is 1.91. The number of anilines is 1. The number of hydrogen-bond donors (Lipinski definition) is 1. The van der Waals surface area contributed by atoms with Crippen molar-refractivity contribution in [1.29, 1.82) is 0 Å². The molecule has 3 atom stereocenters. The van der Waals surface area contributed by atoms with E-state index in [1.807, 2.05) is 36.4 Å². The highest BCUT2D eigenvalue weighted by Gasteiger charge is 2.59. The van der Waals surface area contributed by atoms with Gasteiger partial charge in [-0.2, -0.15) is 0 Å². The number of nitrogens with zero attached hydrogens (tertiary/aromatic N) is 1. The van der Waals surface area contributed by atoms with Gasteiger partial charge in [-0.15, -0.1) is 0 Å². The second kappa shape index (κ2) is 8.53. The van der Waals surface area contributed by atoms with Gasteiger partial charge >= 0.3 is 5.97 Å². The molecule has 0 bridgehead atoms. The monoisotopic (exact) mass is 435 g/mol. The van der Waals surface area contributed by atoms with Crippen LogP contribution in [0.2, 0.25) is 5.02 Å². The van der Waals surface area contributed by atoms with Crippen LogP contribution in [0.5, 0.6) is 0 Å². The summed E-state index contributed by atoms with van der Waals surface area (Å²) in [7, 11) is 1.23. The summed E-state index contributed by atoms with van der Waals surface area (Å²) in [4.78, 5) is 28.0. The maximum atomic E-state index is 13.7. The smallest absolute Gasteiger partial charge is 0.359 e. The van der Waals surface area contributed by atoms with Crippen LogP contribution in [-0.2, 0) is 9.53 Å². The van der Waals surface area contributed by atoms with Crippen molar-refractivity contribution in [1.82, 2.24) is 0 Å². The first-order chi connectivity index (χ1) is 15.0. The average molecular weight is 436 g/mol. The Kier molecular flexibility index (Phi) is 5.81. The topological polar surface area (TPSA) is 66.8 Å². The van der Waals surface area contributed by atoms with E-state index in [0.29, 0.717) is 16.3 Å². The summed E-state index contributed by atoms with van der Waals surface area (Å²) in [6, 6.07) is 24.2. The molecule has 6 heteroatoms. The molecule has 0 aliphatic carbocycles. The van der Waals surface area contributed by atoms with Gasteiger partial charge in [-0.05, 0) is 29.8 Å². The Bertz CT molecular complexity index is 1070. The number of halogens is 1. The van der Waals surface area contributed by atoms with Crippen molar-refractivity contribution in [2.45, 2.75) is 24.1 Å². The van der Waals surface area contributed by atoms with Crippen LogP contribution in [0.3, 0.4) is 0 Å². The first kappa shape index (κ1) is 21.1. The molecule has 1 N–H and O–H groups in total. The zero-order chi connectivity index (χ0) is 22.0. The molecule has 1 saturated heterocycles. The molecule has 1 fully saturated rings. The van der Waals surface area contributed by atoms with E-state index in [-0.39, 0.29) is 12.2 Å². The Labute approximate surface area is 185 Å². The Hall–Kier alpha value is -3.15. The van der Waals surface area contributed by atoms with Crippen molar-refractivity contribution in [3.8, 4) is 0 Å². The van der Waals surface area contributed by atoms with E-state index in [2.05, 4.69) is 0 Å². The lowest BCUT2D eigenvalue weighted by molar-refractivity contribution is -0.161. The van der Waals surface area contributed by atoms with Gasteiger partial charge in [0.2, 0.25) is 5.72 Å². The van der Waals surface area contributed by atoms with Gasteiger partial charge in [0.15, 0.2) is 5.78 Å². The molecule has 0 amide bonds. The molecule has 1 aliphatic heterocycles. The number of benzene rings is 3. The van der Waals surface area contributed by atoms with Crippen molar-refractivity contribution < 1.29 is 19.4 Å². The molecule has 0 unspecified atom stereocenters. The molecule has 31 heavy (non-hydrogen) atoms. The van der Waals surface area contributed by atoms with Gasteiger partial charge in [0.05, 0.1) is 7.11 Å². The average Bonchev–Trinajstić information content (AvgIpc) is 3.14. The van der Waals surface area contributed by atoms with Gasteiger partial charge < -0.3 is 14.7 Å². The highest BCUT2D eigenvalue weighted by molar-refractivity contribution is 6.30. The van der Waals surface area contributed by atoms with E-state index in [4.69, 9.17) is 16.3 Å². The zero-order valence-corrected chi connectivity index (χ0v) is 17.7. The maximum Gasteiger partial charge on any atom is 0.359 e. The second-order valence-corrected chi connectivity index (χ2v) is 7.99. The standard InChI is InChI=1S/C25H22ClNO4/c1-31-24(29)25(30)16-21(17-8-4-2-5-9-17)22(23(28)18-10-6-3-7-11-18)27(25)20-14-12-19(26)13-15-20/h2-15,21-22,30H,16H2,1H3/t21-,22-,25+/m0/s1. The number of methoxy groups -OCH3 is 1. The highest BCUT2D eigenvalue weighted by atomic mass is 35.5. The summed E-state index contributed by atoms with van der Waals surface area (Å²) in [5, 5.41) is 12.1. The van der Waals surface area contributed by atoms with Gasteiger partial charge in [-0.25, -0.2) is 4.79 Å². The van der Waals surface area contributed by atoms with Crippen molar-refractivity contribution in [3.05, 3.63) is 101 Å². The van der Waals surface area contributed by atoms with Crippen LogP contribution in [0.15, 0.2) is 84.9 Å². The minimum atomic E-state index is -2.02. The third-order valence-electron chi connectivity index (χ3n) is 5.73. The third-order valence-corrected chi connectivity index (χ3v) is 5.99. The molecule has 0 radical (unpaired) electrons. The lowest BCUT2D eigenvalue weighted by atomic mass is 9.86. The fourth-order valence-corrected chi connectivity index (χ4v) is 4.45. The Morgan fingerprint density at radius 3 is 2.13 bits per heavy atom. The normalized spacial score (nSPS) is 22.9. The molecule has 0 spiro atoms. The van der Waals surface area contributed by atoms with E-state index in [1.54, 1.807) is 48.5 Å². The molecule has 1 aliphatic rings. The van der Waals surface area contributed by atoms with E-state index in [0.717, 1.165) is 5.56 Å². The molecule has 158 valence electrons. The second-order valence-electron chi connectivity index (χ2n) is 7.55. The number of Topliss-reactive ketones (excluding diaryl/α,β-unsaturated/α-hetero) is 1. The van der Waals surface area contributed by atoms with E-state index in [1.165, 1.54) is 12.0 Å². The third kappa shape index (κ3) is 3.82. The minimum Gasteiger partial charge on any atom is -0.465 e. The lowest BCUT2D eigenvalue weighted by Gasteiger charge is -2.36. The van der Waals surface area contributed by atoms with Crippen LogP contribution >= 0.6 is 11.6 Å². The van der Waals surface area contributed by atoms with Crippen LogP contribution in [0.1, 0.15) is 28.3 Å². The van der Waals surface area contributed by atoms with Crippen LogP contribution in [0.4, 0.5) is 5.69 Å². The number of rotatable bonds is 5. The first-order valence-electron chi connectivity index (χ1n) is 9.95. The molecule has 0 aromatic heterocycles. The van der Waals surface area contributed by atoms with Crippen molar-refractivity contribution in [2.24, 2.45) is 0 Å². The van der Waals surface area contributed by atoms with Crippen molar-refractivity contribution in [3.63, 3.8) is 0 Å². The fraction of sp³-hybridized carbons (Fsp3) is 0.200. The van der Waals surface area contributed by atoms with Gasteiger partial charge in [-0.3, -0.25) is 4.79 Å². The number of aliphatic hydroxyl groups is 1. The number of hydrogen-bond acceptors (Lipinski definition) is 5. The predicted molar refractivity (Wildman–Crippen MR) is 119 cm³/mol. The zero-order valence-electron chi connectivity index (χ0n) is 16.9. The van der Waals surface area contributed by atoms with Crippen molar-refractivity contribution >= 4 is 29.0 Å². The quantitative estimate of drug-likeness (QED) is 0.474. The summed E-state index contributed by atoms with van der Waals surface area (Å²) in [6.45, 7) is 0. The van der Waals surface area contributed by atoms with Crippen molar-refractivity contribution in [2.75, 3.05) is 12.0 Å². The molecule has 4 rings (SSSR count). The van der Waals surface area contributed by atoms with Crippen LogP contribution in [0.25, 0.3) is 0 Å². The molecular weight excluding hydrogens is 414 g/mol. The van der Waals surface area contributed by atoms with Crippen LogP contribution in [0, 0.1) is 0 Å².